The zero-order valence-corrected chi connectivity index (χ0v) is 10.0. The van der Waals surface area contributed by atoms with Gasteiger partial charge in [-0.15, -0.1) is 0 Å². The Hall–Kier alpha value is -0.260. The quantitative estimate of drug-likeness (QED) is 0.691. The SMILES string of the molecule is OCC1(C2(O)CCC(F)(F)CC2)CCCNC1. The maximum Gasteiger partial charge on any atom is 0.248 e. The van der Waals surface area contributed by atoms with Crippen molar-refractivity contribution in [3.63, 3.8) is 0 Å². The molecule has 1 atom stereocenters. The van der Waals surface area contributed by atoms with Gasteiger partial charge in [-0.05, 0) is 32.2 Å². The number of piperidine rings is 1. The zero-order chi connectivity index (χ0) is 12.6. The fourth-order valence-electron chi connectivity index (χ4n) is 3.21. The van der Waals surface area contributed by atoms with Crippen molar-refractivity contribution >= 4 is 0 Å². The minimum atomic E-state index is -2.65. The van der Waals surface area contributed by atoms with Gasteiger partial charge in [0.05, 0.1) is 12.2 Å². The Balaban J connectivity index is 2.13. The van der Waals surface area contributed by atoms with E-state index in [0.29, 0.717) is 13.0 Å². The van der Waals surface area contributed by atoms with Crippen LogP contribution >= 0.6 is 0 Å². The van der Waals surface area contributed by atoms with Crippen LogP contribution in [-0.2, 0) is 0 Å². The third-order valence-electron chi connectivity index (χ3n) is 4.57. The van der Waals surface area contributed by atoms with Crippen LogP contribution in [0.3, 0.4) is 0 Å². The largest absolute Gasteiger partial charge is 0.396 e. The summed E-state index contributed by atoms with van der Waals surface area (Å²) in [5.41, 5.74) is -1.78. The second-order valence-electron chi connectivity index (χ2n) is 5.61. The topological polar surface area (TPSA) is 52.5 Å². The Morgan fingerprint density at radius 3 is 2.18 bits per heavy atom. The summed E-state index contributed by atoms with van der Waals surface area (Å²) in [6.07, 6.45) is 1.21. The summed E-state index contributed by atoms with van der Waals surface area (Å²) < 4.78 is 26.3. The van der Waals surface area contributed by atoms with Crippen LogP contribution in [0.5, 0.6) is 0 Å². The lowest BCUT2D eigenvalue weighted by atomic mass is 9.61. The maximum atomic E-state index is 13.2. The van der Waals surface area contributed by atoms with E-state index < -0.39 is 16.9 Å². The van der Waals surface area contributed by atoms with Gasteiger partial charge in [-0.3, -0.25) is 0 Å². The molecule has 3 nitrogen and oxygen atoms in total. The summed E-state index contributed by atoms with van der Waals surface area (Å²) in [5, 5.41) is 23.4. The number of nitrogens with one attached hydrogen (secondary N) is 1. The molecule has 1 heterocycles. The van der Waals surface area contributed by atoms with Crippen molar-refractivity contribution in [1.29, 1.82) is 0 Å². The van der Waals surface area contributed by atoms with Gasteiger partial charge in [0.25, 0.3) is 0 Å². The first-order valence-corrected chi connectivity index (χ1v) is 6.35. The van der Waals surface area contributed by atoms with Crippen LogP contribution in [0.25, 0.3) is 0 Å². The van der Waals surface area contributed by atoms with Crippen molar-refractivity contribution in [3.05, 3.63) is 0 Å². The van der Waals surface area contributed by atoms with E-state index in [1.807, 2.05) is 0 Å². The Morgan fingerprint density at radius 1 is 1.06 bits per heavy atom. The van der Waals surface area contributed by atoms with Crippen molar-refractivity contribution in [1.82, 2.24) is 5.32 Å². The average Bonchev–Trinajstić information content (AvgIpc) is 2.34. The van der Waals surface area contributed by atoms with Gasteiger partial charge in [0.1, 0.15) is 0 Å². The van der Waals surface area contributed by atoms with E-state index in [9.17, 15) is 19.0 Å². The monoisotopic (exact) mass is 249 g/mol. The van der Waals surface area contributed by atoms with Gasteiger partial charge >= 0.3 is 0 Å². The molecule has 0 amide bonds. The third-order valence-corrected chi connectivity index (χ3v) is 4.57. The van der Waals surface area contributed by atoms with Crippen LogP contribution in [0.2, 0.25) is 0 Å². The number of hydrogen-bond donors (Lipinski definition) is 3. The van der Waals surface area contributed by atoms with Crippen molar-refractivity contribution < 1.29 is 19.0 Å². The molecule has 17 heavy (non-hydrogen) atoms. The molecular weight excluding hydrogens is 228 g/mol. The molecule has 0 radical (unpaired) electrons. The van der Waals surface area contributed by atoms with E-state index in [0.717, 1.165) is 13.0 Å². The van der Waals surface area contributed by atoms with Crippen molar-refractivity contribution in [2.24, 2.45) is 5.41 Å². The van der Waals surface area contributed by atoms with Gasteiger partial charge in [0.2, 0.25) is 5.92 Å². The molecular formula is C12H21F2NO2. The third kappa shape index (κ3) is 2.33. The molecule has 0 spiro atoms. The number of aliphatic hydroxyl groups is 2. The van der Waals surface area contributed by atoms with Crippen LogP contribution < -0.4 is 5.32 Å². The van der Waals surface area contributed by atoms with Gasteiger partial charge in [0, 0.05) is 24.8 Å². The van der Waals surface area contributed by atoms with Crippen LogP contribution in [0.4, 0.5) is 8.78 Å². The Bertz CT molecular complexity index is 268. The molecule has 1 unspecified atom stereocenters. The minimum Gasteiger partial charge on any atom is -0.396 e. The summed E-state index contributed by atoms with van der Waals surface area (Å²) in [5.74, 6) is -2.65. The molecule has 100 valence electrons. The number of halogens is 2. The maximum absolute atomic E-state index is 13.2. The molecule has 2 rings (SSSR count). The first-order valence-electron chi connectivity index (χ1n) is 6.35. The Labute approximate surface area is 100 Å². The van der Waals surface area contributed by atoms with Crippen LogP contribution in [0.1, 0.15) is 38.5 Å². The molecule has 2 fully saturated rings. The van der Waals surface area contributed by atoms with Gasteiger partial charge in [-0.2, -0.15) is 0 Å². The molecule has 0 bridgehead atoms. The van der Waals surface area contributed by atoms with E-state index in [4.69, 9.17) is 0 Å². The smallest absolute Gasteiger partial charge is 0.248 e. The van der Waals surface area contributed by atoms with Crippen molar-refractivity contribution in [2.45, 2.75) is 50.0 Å². The highest BCUT2D eigenvalue weighted by molar-refractivity contribution is 5.04. The summed E-state index contributed by atoms with van der Waals surface area (Å²) in [6.45, 7) is 1.25. The number of hydrogen-bond acceptors (Lipinski definition) is 3. The average molecular weight is 249 g/mol. The molecule has 3 N–H and O–H groups in total. The summed E-state index contributed by atoms with van der Waals surface area (Å²) in [4.78, 5) is 0. The van der Waals surface area contributed by atoms with Gasteiger partial charge in [-0.25, -0.2) is 8.78 Å². The lowest BCUT2D eigenvalue weighted by Gasteiger charge is -2.51. The Kier molecular flexibility index (Phi) is 3.45. The normalized spacial score (nSPS) is 36.7. The highest BCUT2D eigenvalue weighted by atomic mass is 19.3. The molecule has 2 aliphatic rings. The molecule has 1 saturated heterocycles. The summed E-state index contributed by atoms with van der Waals surface area (Å²) in [6, 6.07) is 0. The Morgan fingerprint density at radius 2 is 1.71 bits per heavy atom. The summed E-state index contributed by atoms with van der Waals surface area (Å²) in [7, 11) is 0. The van der Waals surface area contributed by atoms with E-state index in [1.54, 1.807) is 0 Å². The number of rotatable bonds is 2. The predicted octanol–water partition coefficient (Wildman–Crippen LogP) is 1.29. The fourth-order valence-corrected chi connectivity index (χ4v) is 3.21. The van der Waals surface area contributed by atoms with Gasteiger partial charge in [0.15, 0.2) is 0 Å². The number of alkyl halides is 2. The minimum absolute atomic E-state index is 0.0856. The molecule has 1 aliphatic heterocycles. The second kappa shape index (κ2) is 4.44. The zero-order valence-electron chi connectivity index (χ0n) is 10.0. The highest BCUT2D eigenvalue weighted by Gasteiger charge is 2.54. The molecule has 1 aliphatic carbocycles. The lowest BCUT2D eigenvalue weighted by Crippen LogP contribution is -2.60. The van der Waals surface area contributed by atoms with Crippen LogP contribution in [0.15, 0.2) is 0 Å². The highest BCUT2D eigenvalue weighted by Crippen LogP contribution is 2.49. The molecule has 0 aromatic carbocycles. The second-order valence-corrected chi connectivity index (χ2v) is 5.61. The van der Waals surface area contributed by atoms with Gasteiger partial charge in [-0.1, -0.05) is 0 Å². The lowest BCUT2D eigenvalue weighted by molar-refractivity contribution is -0.177. The fraction of sp³-hybridized carbons (Fsp3) is 1.00. The predicted molar refractivity (Wildman–Crippen MR) is 60.0 cm³/mol. The first kappa shape index (κ1) is 13.2. The van der Waals surface area contributed by atoms with Crippen LogP contribution in [0, 0.1) is 5.41 Å². The van der Waals surface area contributed by atoms with Crippen molar-refractivity contribution in [3.8, 4) is 0 Å². The van der Waals surface area contributed by atoms with E-state index in [2.05, 4.69) is 5.32 Å². The number of aliphatic hydroxyl groups excluding tert-OH is 1. The van der Waals surface area contributed by atoms with E-state index in [-0.39, 0.29) is 32.3 Å². The summed E-state index contributed by atoms with van der Waals surface area (Å²) >= 11 is 0. The molecule has 0 aromatic rings. The molecule has 0 aromatic heterocycles. The molecule has 1 saturated carbocycles. The standard InChI is InChI=1S/C12H21F2NO2/c13-12(14)5-3-11(17,4-6-12)10(9-16)2-1-7-15-8-10/h15-17H,1-9H2. The van der Waals surface area contributed by atoms with E-state index >= 15 is 0 Å². The van der Waals surface area contributed by atoms with Gasteiger partial charge < -0.3 is 15.5 Å². The first-order chi connectivity index (χ1) is 7.93. The van der Waals surface area contributed by atoms with Crippen LogP contribution in [-0.4, -0.2) is 41.4 Å². The molecule has 5 heteroatoms. The van der Waals surface area contributed by atoms with E-state index in [1.165, 1.54) is 0 Å². The van der Waals surface area contributed by atoms with Crippen molar-refractivity contribution in [2.75, 3.05) is 19.7 Å².